The van der Waals surface area contributed by atoms with Gasteiger partial charge in [-0.3, -0.25) is 13.8 Å². The van der Waals surface area contributed by atoms with Gasteiger partial charge in [-0.15, -0.1) is 0 Å². The van der Waals surface area contributed by atoms with E-state index in [1.54, 1.807) is 0 Å². The normalized spacial score (nSPS) is 14.6. The van der Waals surface area contributed by atoms with Crippen molar-refractivity contribution in [2.75, 3.05) is 19.8 Å². The second-order valence-corrected chi connectivity index (χ2v) is 13.9. The van der Waals surface area contributed by atoms with Crippen molar-refractivity contribution in [2.24, 2.45) is 5.73 Å². The third kappa shape index (κ3) is 29.9. The average molecular weight is 647 g/mol. The smallest absolute Gasteiger partial charge is 0.391 e. The van der Waals surface area contributed by atoms with Crippen LogP contribution < -0.4 is 11.1 Å². The molecule has 0 bridgehead atoms. The average Bonchev–Trinajstić information content (AvgIpc) is 3.01. The van der Waals surface area contributed by atoms with Crippen LogP contribution in [0.15, 0.2) is 12.2 Å². The molecule has 8 nitrogen and oxygen atoms in total. The summed E-state index contributed by atoms with van der Waals surface area (Å²) in [4.78, 5) is 22.6. The number of nitrogens with two attached hydrogens (primary N) is 1. The second-order valence-electron chi connectivity index (χ2n) is 12.4. The molecule has 3 unspecified atom stereocenters. The summed E-state index contributed by atoms with van der Waals surface area (Å²) in [6.45, 7) is 4.17. The van der Waals surface area contributed by atoms with Crippen molar-refractivity contribution in [2.45, 2.75) is 187 Å². The number of phosphoric ester groups is 1. The zero-order chi connectivity index (χ0) is 32.6. The molecule has 3 atom stereocenters. The van der Waals surface area contributed by atoms with Crippen LogP contribution in [0.2, 0.25) is 0 Å². The van der Waals surface area contributed by atoms with Gasteiger partial charge in [-0.2, -0.15) is 0 Å². The van der Waals surface area contributed by atoms with E-state index >= 15 is 0 Å². The predicted molar refractivity (Wildman–Crippen MR) is 185 cm³/mol. The van der Waals surface area contributed by atoms with Crippen LogP contribution in [0.25, 0.3) is 0 Å². The molecule has 0 rings (SSSR count). The first-order valence-electron chi connectivity index (χ1n) is 18.3. The van der Waals surface area contributed by atoms with E-state index in [4.69, 9.17) is 14.8 Å². The van der Waals surface area contributed by atoms with Gasteiger partial charge in [0.25, 0.3) is 0 Å². The topological polar surface area (TPSA) is 131 Å². The van der Waals surface area contributed by atoms with Crippen molar-refractivity contribution in [3.8, 4) is 0 Å². The van der Waals surface area contributed by atoms with Gasteiger partial charge in [0.1, 0.15) is 0 Å². The fourth-order valence-electron chi connectivity index (χ4n) is 5.31. The summed E-state index contributed by atoms with van der Waals surface area (Å²) in [5.41, 5.74) is 5.35. The molecule has 0 aromatic heterocycles. The first-order chi connectivity index (χ1) is 21.4. The van der Waals surface area contributed by atoms with E-state index in [0.29, 0.717) is 12.8 Å². The van der Waals surface area contributed by atoms with Crippen LogP contribution >= 0.6 is 7.82 Å². The molecular weight excluding hydrogens is 575 g/mol. The maximum Gasteiger partial charge on any atom is 0.472 e. The third-order valence-electron chi connectivity index (χ3n) is 8.12. The van der Waals surface area contributed by atoms with E-state index in [-0.39, 0.29) is 25.7 Å². The fraction of sp³-hybridized carbons (Fsp3) is 0.914. The second kappa shape index (κ2) is 32.2. The van der Waals surface area contributed by atoms with Crippen LogP contribution in [-0.4, -0.2) is 47.8 Å². The Labute approximate surface area is 271 Å². The first-order valence-corrected chi connectivity index (χ1v) is 19.8. The van der Waals surface area contributed by atoms with Crippen LogP contribution in [0.5, 0.6) is 0 Å². The number of hydrogen-bond acceptors (Lipinski definition) is 6. The van der Waals surface area contributed by atoms with Crippen LogP contribution in [0.4, 0.5) is 0 Å². The Hall–Kier alpha value is -0.760. The van der Waals surface area contributed by atoms with Crippen molar-refractivity contribution >= 4 is 13.7 Å². The molecule has 262 valence electrons. The minimum atomic E-state index is -4.30. The van der Waals surface area contributed by atoms with Gasteiger partial charge in [-0.05, 0) is 38.5 Å². The number of rotatable bonds is 34. The number of phosphoric acid groups is 1. The van der Waals surface area contributed by atoms with Gasteiger partial charge < -0.3 is 21.1 Å². The SMILES string of the molecule is CCCCCCC/C=C\CCCCCCCC(=O)NC(COP(=O)(O)OCCN)C(O)CCCCCCCCCCCCC. The fourth-order valence-corrected chi connectivity index (χ4v) is 6.07. The largest absolute Gasteiger partial charge is 0.472 e. The lowest BCUT2D eigenvalue weighted by Crippen LogP contribution is -2.46. The summed E-state index contributed by atoms with van der Waals surface area (Å²) in [5, 5.41) is 13.7. The molecule has 0 saturated carbocycles. The van der Waals surface area contributed by atoms with Crippen LogP contribution in [0, 0.1) is 0 Å². The van der Waals surface area contributed by atoms with E-state index in [1.165, 1.54) is 96.3 Å². The molecule has 0 aliphatic rings. The molecular formula is C35H71N2O6P. The number of aliphatic hydroxyl groups excluding tert-OH is 1. The monoisotopic (exact) mass is 647 g/mol. The lowest BCUT2D eigenvalue weighted by atomic mass is 10.0. The summed E-state index contributed by atoms with van der Waals surface area (Å²) in [5.74, 6) is -0.172. The summed E-state index contributed by atoms with van der Waals surface area (Å²) >= 11 is 0. The molecule has 1 amide bonds. The Morgan fingerprint density at radius 2 is 1.18 bits per heavy atom. The Kier molecular flexibility index (Phi) is 31.6. The molecule has 0 aromatic carbocycles. The van der Waals surface area contributed by atoms with E-state index < -0.39 is 20.0 Å². The van der Waals surface area contributed by atoms with Crippen molar-refractivity contribution in [1.29, 1.82) is 0 Å². The highest BCUT2D eigenvalue weighted by molar-refractivity contribution is 7.47. The molecule has 9 heteroatoms. The number of hydrogen-bond donors (Lipinski definition) is 4. The van der Waals surface area contributed by atoms with E-state index in [1.807, 2.05) is 0 Å². The molecule has 44 heavy (non-hydrogen) atoms. The Balaban J connectivity index is 4.28. The standard InChI is InChI=1S/C35H71N2O6P/c1-3-5-7-9-11-13-15-16-17-19-21-23-25-27-29-35(39)37-33(32-43-44(40,41)42-31-30-36)34(38)28-26-24-22-20-18-14-12-10-8-6-4-2/h15-16,33-34,38H,3-14,17-32,36H2,1-2H3,(H,37,39)(H,40,41)/b16-15-. The van der Waals surface area contributed by atoms with Gasteiger partial charge in [0.15, 0.2) is 0 Å². The molecule has 0 heterocycles. The summed E-state index contributed by atoms with van der Waals surface area (Å²) in [6, 6.07) is -0.772. The lowest BCUT2D eigenvalue weighted by molar-refractivity contribution is -0.123. The zero-order valence-corrected chi connectivity index (χ0v) is 29.6. The summed E-state index contributed by atoms with van der Waals surface area (Å²) in [6.07, 6.45) is 32.1. The highest BCUT2D eigenvalue weighted by atomic mass is 31.2. The Morgan fingerprint density at radius 1 is 0.727 bits per heavy atom. The quantitative estimate of drug-likeness (QED) is 0.0311. The summed E-state index contributed by atoms with van der Waals surface area (Å²) < 4.78 is 22.0. The maximum atomic E-state index is 12.7. The number of unbranched alkanes of at least 4 members (excludes halogenated alkanes) is 20. The molecule has 5 N–H and O–H groups in total. The molecule has 0 spiro atoms. The minimum absolute atomic E-state index is 0.0887. The van der Waals surface area contributed by atoms with Crippen LogP contribution in [-0.2, 0) is 18.4 Å². The molecule has 0 aromatic rings. The third-order valence-corrected chi connectivity index (χ3v) is 9.10. The Morgan fingerprint density at radius 3 is 1.68 bits per heavy atom. The van der Waals surface area contributed by atoms with Gasteiger partial charge in [0.05, 0.1) is 25.4 Å². The van der Waals surface area contributed by atoms with Crippen molar-refractivity contribution in [1.82, 2.24) is 5.32 Å². The van der Waals surface area contributed by atoms with Gasteiger partial charge in [-0.1, -0.05) is 142 Å². The van der Waals surface area contributed by atoms with E-state index in [2.05, 4.69) is 31.3 Å². The van der Waals surface area contributed by atoms with Crippen molar-refractivity contribution in [3.63, 3.8) is 0 Å². The Bertz CT molecular complexity index is 709. The number of carbonyl (C=O) groups excluding carboxylic acids is 1. The van der Waals surface area contributed by atoms with Crippen LogP contribution in [0.1, 0.15) is 174 Å². The molecule has 0 radical (unpaired) electrons. The first kappa shape index (κ1) is 43.2. The van der Waals surface area contributed by atoms with Crippen LogP contribution in [0.3, 0.4) is 0 Å². The predicted octanol–water partition coefficient (Wildman–Crippen LogP) is 9.27. The number of amides is 1. The van der Waals surface area contributed by atoms with Crippen molar-refractivity contribution < 1.29 is 28.4 Å². The summed E-state index contributed by atoms with van der Waals surface area (Å²) in [7, 11) is -4.30. The highest BCUT2D eigenvalue weighted by Crippen LogP contribution is 2.43. The van der Waals surface area contributed by atoms with Gasteiger partial charge in [0, 0.05) is 13.0 Å². The number of carbonyl (C=O) groups is 1. The van der Waals surface area contributed by atoms with Gasteiger partial charge in [-0.25, -0.2) is 4.57 Å². The maximum absolute atomic E-state index is 12.7. The number of aliphatic hydroxyl groups is 1. The molecule has 0 aliphatic carbocycles. The minimum Gasteiger partial charge on any atom is -0.391 e. The molecule has 0 aliphatic heterocycles. The molecule has 0 saturated heterocycles. The highest BCUT2D eigenvalue weighted by Gasteiger charge is 2.27. The zero-order valence-electron chi connectivity index (χ0n) is 28.7. The number of nitrogens with one attached hydrogen (secondary N) is 1. The number of allylic oxidation sites excluding steroid dienone is 2. The lowest BCUT2D eigenvalue weighted by Gasteiger charge is -2.25. The molecule has 0 fully saturated rings. The van der Waals surface area contributed by atoms with E-state index in [0.717, 1.165) is 51.4 Å². The van der Waals surface area contributed by atoms with E-state index in [9.17, 15) is 19.4 Å². The van der Waals surface area contributed by atoms with Crippen molar-refractivity contribution in [3.05, 3.63) is 12.2 Å². The van der Waals surface area contributed by atoms with Gasteiger partial charge >= 0.3 is 7.82 Å². The van der Waals surface area contributed by atoms with Gasteiger partial charge in [0.2, 0.25) is 5.91 Å².